The zero-order valence-electron chi connectivity index (χ0n) is 11.1. The van der Waals surface area contributed by atoms with Crippen molar-refractivity contribution in [3.05, 3.63) is 45.9 Å². The summed E-state index contributed by atoms with van der Waals surface area (Å²) in [6, 6.07) is 8.59. The lowest BCUT2D eigenvalue weighted by atomic mass is 10.1. The van der Waals surface area contributed by atoms with Gasteiger partial charge >= 0.3 is 0 Å². The van der Waals surface area contributed by atoms with Crippen LogP contribution < -0.4 is 5.32 Å². The minimum atomic E-state index is 0.976. The molecule has 3 heteroatoms. The van der Waals surface area contributed by atoms with Gasteiger partial charge in [-0.15, -0.1) is 11.3 Å². The number of anilines is 1. The van der Waals surface area contributed by atoms with Crippen molar-refractivity contribution in [2.75, 3.05) is 11.9 Å². The van der Waals surface area contributed by atoms with Crippen LogP contribution in [0.4, 0.5) is 5.69 Å². The first kappa shape index (κ1) is 13.1. The predicted octanol–water partition coefficient (Wildman–Crippen LogP) is 4.06. The van der Waals surface area contributed by atoms with Gasteiger partial charge in [-0.05, 0) is 25.0 Å². The molecular weight excluding hydrogens is 240 g/mol. The van der Waals surface area contributed by atoms with E-state index >= 15 is 0 Å². The van der Waals surface area contributed by atoms with E-state index in [-0.39, 0.29) is 0 Å². The number of hydrogen-bond acceptors (Lipinski definition) is 3. The monoisotopic (exact) mass is 260 g/mol. The van der Waals surface area contributed by atoms with Crippen molar-refractivity contribution >= 4 is 17.0 Å². The zero-order chi connectivity index (χ0) is 12.8. The Morgan fingerprint density at radius 2 is 2.06 bits per heavy atom. The molecule has 0 unspecified atom stereocenters. The fourth-order valence-electron chi connectivity index (χ4n) is 2.06. The number of rotatable bonds is 6. The topological polar surface area (TPSA) is 24.9 Å². The third kappa shape index (κ3) is 3.33. The van der Waals surface area contributed by atoms with Crippen molar-refractivity contribution in [3.8, 4) is 0 Å². The quantitative estimate of drug-likeness (QED) is 0.847. The van der Waals surface area contributed by atoms with Crippen LogP contribution in [-0.2, 0) is 12.8 Å². The third-order valence-electron chi connectivity index (χ3n) is 3.05. The highest BCUT2D eigenvalue weighted by atomic mass is 32.1. The molecule has 1 aromatic heterocycles. The first-order chi connectivity index (χ1) is 8.81. The zero-order valence-corrected chi connectivity index (χ0v) is 11.9. The lowest BCUT2D eigenvalue weighted by Gasteiger charge is -2.11. The van der Waals surface area contributed by atoms with Gasteiger partial charge in [0.15, 0.2) is 0 Å². The van der Waals surface area contributed by atoms with Crippen molar-refractivity contribution in [2.24, 2.45) is 0 Å². The molecule has 18 heavy (non-hydrogen) atoms. The molecule has 0 radical (unpaired) electrons. The molecule has 0 bridgehead atoms. The Bertz CT molecular complexity index is 491. The number of benzene rings is 1. The van der Waals surface area contributed by atoms with Crippen LogP contribution in [-0.4, -0.2) is 11.5 Å². The van der Waals surface area contributed by atoms with Crippen molar-refractivity contribution in [3.63, 3.8) is 0 Å². The van der Waals surface area contributed by atoms with Gasteiger partial charge in [0, 0.05) is 23.5 Å². The average molecular weight is 260 g/mol. The van der Waals surface area contributed by atoms with E-state index in [9.17, 15) is 0 Å². The Kier molecular flexibility index (Phi) is 4.76. The minimum Gasteiger partial charge on any atom is -0.384 e. The number of aromatic nitrogens is 1. The second kappa shape index (κ2) is 6.55. The second-order valence-electron chi connectivity index (χ2n) is 4.44. The van der Waals surface area contributed by atoms with Gasteiger partial charge < -0.3 is 5.32 Å². The Labute approximate surface area is 113 Å². The number of aryl methyl sites for hydroxylation is 2. The van der Waals surface area contributed by atoms with Crippen molar-refractivity contribution < 1.29 is 0 Å². The van der Waals surface area contributed by atoms with Crippen LogP contribution in [0.5, 0.6) is 0 Å². The summed E-state index contributed by atoms with van der Waals surface area (Å²) in [4.78, 5) is 5.66. The highest BCUT2D eigenvalue weighted by molar-refractivity contribution is 7.09. The summed E-state index contributed by atoms with van der Waals surface area (Å²) in [5, 5.41) is 3.54. The Hall–Kier alpha value is -1.35. The van der Waals surface area contributed by atoms with E-state index in [4.69, 9.17) is 0 Å². The van der Waals surface area contributed by atoms with Crippen LogP contribution in [0.25, 0.3) is 0 Å². The standard InChI is InChI=1S/C15H20N2S/c1-3-6-13-7-4-5-8-14(13)16-10-9-15-12(2)17-11-18-15/h4-5,7-8,11,16H,3,6,9-10H2,1-2H3. The third-order valence-corrected chi connectivity index (χ3v) is 4.04. The molecule has 0 saturated heterocycles. The van der Waals surface area contributed by atoms with Gasteiger partial charge in [0.2, 0.25) is 0 Å². The smallest absolute Gasteiger partial charge is 0.0797 e. The molecule has 0 atom stereocenters. The fraction of sp³-hybridized carbons (Fsp3) is 0.400. The van der Waals surface area contributed by atoms with Gasteiger partial charge in [-0.3, -0.25) is 0 Å². The summed E-state index contributed by atoms with van der Waals surface area (Å²) in [6.45, 7) is 5.28. The summed E-state index contributed by atoms with van der Waals surface area (Å²) in [7, 11) is 0. The number of hydrogen-bond donors (Lipinski definition) is 1. The Balaban J connectivity index is 1.92. The number of nitrogens with one attached hydrogen (secondary N) is 1. The van der Waals surface area contributed by atoms with Crippen LogP contribution in [0, 0.1) is 6.92 Å². The van der Waals surface area contributed by atoms with Crippen molar-refractivity contribution in [1.29, 1.82) is 0 Å². The number of nitrogens with zero attached hydrogens (tertiary/aromatic N) is 1. The molecule has 1 heterocycles. The SMILES string of the molecule is CCCc1ccccc1NCCc1scnc1C. The van der Waals surface area contributed by atoms with Gasteiger partial charge in [0.25, 0.3) is 0 Å². The first-order valence-corrected chi connectivity index (χ1v) is 7.40. The van der Waals surface area contributed by atoms with Crippen LogP contribution in [0.1, 0.15) is 29.5 Å². The van der Waals surface area contributed by atoms with E-state index in [1.165, 1.54) is 28.2 Å². The van der Waals surface area contributed by atoms with Gasteiger partial charge in [0.05, 0.1) is 11.2 Å². The van der Waals surface area contributed by atoms with Gasteiger partial charge in [0.1, 0.15) is 0 Å². The Morgan fingerprint density at radius 3 is 2.78 bits per heavy atom. The second-order valence-corrected chi connectivity index (χ2v) is 5.38. The maximum Gasteiger partial charge on any atom is 0.0797 e. The van der Waals surface area contributed by atoms with E-state index in [0.717, 1.165) is 19.4 Å². The molecular formula is C15H20N2S. The summed E-state index contributed by atoms with van der Waals surface area (Å²) >= 11 is 1.75. The first-order valence-electron chi connectivity index (χ1n) is 6.52. The summed E-state index contributed by atoms with van der Waals surface area (Å²) in [5.41, 5.74) is 5.79. The number of thiazole rings is 1. The normalized spacial score (nSPS) is 10.6. The lowest BCUT2D eigenvalue weighted by Crippen LogP contribution is -2.06. The van der Waals surface area contributed by atoms with Gasteiger partial charge in [-0.25, -0.2) is 4.98 Å². The van der Waals surface area contributed by atoms with E-state index in [1.54, 1.807) is 11.3 Å². The van der Waals surface area contributed by atoms with Gasteiger partial charge in [-0.1, -0.05) is 31.5 Å². The van der Waals surface area contributed by atoms with E-state index in [2.05, 4.69) is 48.4 Å². The lowest BCUT2D eigenvalue weighted by molar-refractivity contribution is 0.917. The molecule has 2 aromatic rings. The maximum absolute atomic E-state index is 4.28. The van der Waals surface area contributed by atoms with Gasteiger partial charge in [-0.2, -0.15) is 0 Å². The Morgan fingerprint density at radius 1 is 1.22 bits per heavy atom. The molecule has 0 fully saturated rings. The summed E-state index contributed by atoms with van der Waals surface area (Å²) in [5.74, 6) is 0. The fourth-order valence-corrected chi connectivity index (χ4v) is 2.84. The van der Waals surface area contributed by atoms with Crippen molar-refractivity contribution in [2.45, 2.75) is 33.1 Å². The van der Waals surface area contributed by atoms with E-state index in [1.807, 2.05) is 5.51 Å². The van der Waals surface area contributed by atoms with Crippen molar-refractivity contribution in [1.82, 2.24) is 4.98 Å². The molecule has 1 aromatic carbocycles. The minimum absolute atomic E-state index is 0.976. The van der Waals surface area contributed by atoms with Crippen LogP contribution in [0.15, 0.2) is 29.8 Å². The van der Waals surface area contributed by atoms with Crippen LogP contribution in [0.3, 0.4) is 0 Å². The molecule has 96 valence electrons. The highest BCUT2D eigenvalue weighted by Crippen LogP contribution is 2.18. The van der Waals surface area contributed by atoms with E-state index < -0.39 is 0 Å². The molecule has 1 N–H and O–H groups in total. The molecule has 2 nitrogen and oxygen atoms in total. The molecule has 0 saturated carbocycles. The summed E-state index contributed by atoms with van der Waals surface area (Å²) in [6.07, 6.45) is 3.38. The summed E-state index contributed by atoms with van der Waals surface area (Å²) < 4.78 is 0. The van der Waals surface area contributed by atoms with Crippen LogP contribution >= 0.6 is 11.3 Å². The molecule has 0 aliphatic heterocycles. The van der Waals surface area contributed by atoms with Crippen LogP contribution in [0.2, 0.25) is 0 Å². The highest BCUT2D eigenvalue weighted by Gasteiger charge is 2.03. The predicted molar refractivity (Wildman–Crippen MR) is 79.5 cm³/mol. The largest absolute Gasteiger partial charge is 0.384 e. The number of para-hydroxylation sites is 1. The molecule has 2 rings (SSSR count). The molecule has 0 aliphatic rings. The molecule has 0 aliphatic carbocycles. The maximum atomic E-state index is 4.28. The molecule has 0 amide bonds. The molecule has 0 spiro atoms. The average Bonchev–Trinajstić information content (AvgIpc) is 2.78. The van der Waals surface area contributed by atoms with E-state index in [0.29, 0.717) is 0 Å².